The Bertz CT molecular complexity index is 1370. The van der Waals surface area contributed by atoms with Crippen LogP contribution in [0.25, 0.3) is 22.6 Å². The molecular formula is C27H28ClFN6O2. The van der Waals surface area contributed by atoms with Gasteiger partial charge in [0.05, 0.1) is 16.9 Å². The largest absolute Gasteiger partial charge is 0.484 e. The van der Waals surface area contributed by atoms with E-state index in [0.717, 1.165) is 54.8 Å². The Labute approximate surface area is 219 Å². The van der Waals surface area contributed by atoms with Gasteiger partial charge in [-0.15, -0.1) is 0 Å². The summed E-state index contributed by atoms with van der Waals surface area (Å²) < 4.78 is 18.7. The predicted octanol–water partition coefficient (Wildman–Crippen LogP) is 4.62. The van der Waals surface area contributed by atoms with Crippen LogP contribution in [0, 0.1) is 5.82 Å². The van der Waals surface area contributed by atoms with Crippen LogP contribution in [0.4, 0.5) is 10.1 Å². The number of pyridine rings is 1. The number of anilines is 1. The molecule has 5 rings (SSSR count). The van der Waals surface area contributed by atoms with Crippen LogP contribution in [-0.4, -0.2) is 58.5 Å². The number of nitrogens with one attached hydrogen (secondary N) is 3. The predicted molar refractivity (Wildman–Crippen MR) is 142 cm³/mol. The lowest BCUT2D eigenvalue weighted by Crippen LogP contribution is -2.38. The minimum absolute atomic E-state index is 0.0386. The van der Waals surface area contributed by atoms with Gasteiger partial charge in [0.15, 0.2) is 12.3 Å². The van der Waals surface area contributed by atoms with Gasteiger partial charge in [0.1, 0.15) is 22.9 Å². The standard InChI is InChI=1S/C27H28ClFN6O2/c1-30-23(36)16-37-21-8-4-18(5-9-21)26-33-25-24(22(28)14-31-27(25)34-26)32-20-10-12-35(13-11-20)15-17-2-6-19(29)7-3-17/h2-9,14,20H,10-13,15-16H2,1H3,(H,30,36)(H2,31,32,33,34). The zero-order chi connectivity index (χ0) is 25.8. The number of piperidine rings is 1. The Hall–Kier alpha value is -3.69. The van der Waals surface area contributed by atoms with Crippen LogP contribution in [0.15, 0.2) is 54.7 Å². The lowest BCUT2D eigenvalue weighted by atomic mass is 10.0. The van der Waals surface area contributed by atoms with E-state index < -0.39 is 0 Å². The molecule has 0 atom stereocenters. The molecule has 0 saturated carbocycles. The smallest absolute Gasteiger partial charge is 0.257 e. The van der Waals surface area contributed by atoms with Crippen LogP contribution in [0.5, 0.6) is 5.75 Å². The maximum atomic E-state index is 13.2. The average molecular weight is 523 g/mol. The second-order valence-electron chi connectivity index (χ2n) is 9.07. The Morgan fingerprint density at radius 2 is 1.89 bits per heavy atom. The van der Waals surface area contributed by atoms with Crippen LogP contribution in [0.2, 0.25) is 5.02 Å². The van der Waals surface area contributed by atoms with E-state index in [1.807, 2.05) is 24.3 Å². The first-order valence-corrected chi connectivity index (χ1v) is 12.6. The molecule has 1 aliphatic heterocycles. The summed E-state index contributed by atoms with van der Waals surface area (Å²) in [5, 5.41) is 6.67. The van der Waals surface area contributed by atoms with Gasteiger partial charge in [0, 0.05) is 38.3 Å². The third-order valence-corrected chi connectivity index (χ3v) is 6.79. The molecule has 4 aromatic rings. The summed E-state index contributed by atoms with van der Waals surface area (Å²) >= 11 is 6.56. The Balaban J connectivity index is 1.25. The highest BCUT2D eigenvalue weighted by Crippen LogP contribution is 2.32. The summed E-state index contributed by atoms with van der Waals surface area (Å²) in [6.07, 6.45) is 3.54. The first-order valence-electron chi connectivity index (χ1n) is 12.2. The van der Waals surface area contributed by atoms with Crippen LogP contribution < -0.4 is 15.4 Å². The summed E-state index contributed by atoms with van der Waals surface area (Å²) in [4.78, 5) is 26.2. The number of rotatable bonds is 8. The van der Waals surface area contributed by atoms with E-state index in [0.29, 0.717) is 22.2 Å². The van der Waals surface area contributed by atoms with Gasteiger partial charge >= 0.3 is 0 Å². The summed E-state index contributed by atoms with van der Waals surface area (Å²) in [6, 6.07) is 14.3. The number of H-pyrrole nitrogens is 1. The van der Waals surface area contributed by atoms with Crippen LogP contribution in [-0.2, 0) is 11.3 Å². The van der Waals surface area contributed by atoms with Gasteiger partial charge in [-0.3, -0.25) is 9.69 Å². The number of hydrogen-bond acceptors (Lipinski definition) is 6. The number of ether oxygens (including phenoxy) is 1. The number of halogens is 2. The highest BCUT2D eigenvalue weighted by atomic mass is 35.5. The number of aromatic nitrogens is 3. The van der Waals surface area contributed by atoms with Crippen molar-refractivity contribution >= 4 is 34.4 Å². The van der Waals surface area contributed by atoms with Crippen molar-refractivity contribution in [2.75, 3.05) is 32.1 Å². The minimum Gasteiger partial charge on any atom is -0.484 e. The molecule has 2 aromatic carbocycles. The SMILES string of the molecule is CNC(=O)COc1ccc(-c2nc3ncc(Cl)c(NC4CCN(Cc5ccc(F)cc5)CC4)c3[nH]2)cc1. The Morgan fingerprint density at radius 1 is 1.16 bits per heavy atom. The van der Waals surface area contributed by atoms with Crippen molar-refractivity contribution in [3.8, 4) is 17.1 Å². The van der Waals surface area contributed by atoms with E-state index in [2.05, 4.69) is 30.5 Å². The molecule has 0 bridgehead atoms. The zero-order valence-corrected chi connectivity index (χ0v) is 21.2. The van der Waals surface area contributed by atoms with E-state index in [-0.39, 0.29) is 24.4 Å². The second kappa shape index (κ2) is 11.1. The topological polar surface area (TPSA) is 95.2 Å². The Morgan fingerprint density at radius 3 is 2.59 bits per heavy atom. The first-order chi connectivity index (χ1) is 18.0. The number of aromatic amines is 1. The third-order valence-electron chi connectivity index (χ3n) is 6.51. The molecule has 1 amide bonds. The second-order valence-corrected chi connectivity index (χ2v) is 9.48. The minimum atomic E-state index is -0.210. The fourth-order valence-corrected chi connectivity index (χ4v) is 4.63. The molecule has 0 spiro atoms. The number of benzene rings is 2. The summed E-state index contributed by atoms with van der Waals surface area (Å²) in [5.41, 5.74) is 4.11. The van der Waals surface area contributed by atoms with Gasteiger partial charge < -0.3 is 20.4 Å². The number of likely N-dealkylation sites (tertiary alicyclic amines) is 1. The van der Waals surface area contributed by atoms with Crippen molar-refractivity contribution in [1.82, 2.24) is 25.2 Å². The summed E-state index contributed by atoms with van der Waals surface area (Å²) in [7, 11) is 1.57. The molecule has 10 heteroatoms. The van der Waals surface area contributed by atoms with Crippen molar-refractivity contribution < 1.29 is 13.9 Å². The molecule has 0 unspecified atom stereocenters. The number of carbonyl (C=O) groups is 1. The van der Waals surface area contributed by atoms with Crippen molar-refractivity contribution in [2.45, 2.75) is 25.4 Å². The molecule has 37 heavy (non-hydrogen) atoms. The maximum Gasteiger partial charge on any atom is 0.257 e. The lowest BCUT2D eigenvalue weighted by molar-refractivity contribution is -0.122. The normalized spacial score (nSPS) is 14.6. The Kier molecular flexibility index (Phi) is 7.52. The molecule has 3 heterocycles. The molecular weight excluding hydrogens is 495 g/mol. The van der Waals surface area contributed by atoms with Crippen LogP contribution >= 0.6 is 11.6 Å². The lowest BCUT2D eigenvalue weighted by Gasteiger charge is -2.33. The van der Waals surface area contributed by atoms with E-state index in [1.165, 1.54) is 12.1 Å². The van der Waals surface area contributed by atoms with Gasteiger partial charge in [0.2, 0.25) is 0 Å². The summed E-state index contributed by atoms with van der Waals surface area (Å²) in [5.74, 6) is 0.860. The number of likely N-dealkylation sites (N-methyl/N-ethyl adjacent to an activating group) is 1. The van der Waals surface area contributed by atoms with Gasteiger partial charge in [-0.2, -0.15) is 0 Å². The van der Waals surface area contributed by atoms with Crippen molar-refractivity contribution in [3.63, 3.8) is 0 Å². The fraction of sp³-hybridized carbons (Fsp3) is 0.296. The molecule has 1 fully saturated rings. The molecule has 1 aliphatic rings. The van der Waals surface area contributed by atoms with E-state index in [9.17, 15) is 9.18 Å². The highest BCUT2D eigenvalue weighted by Gasteiger charge is 2.22. The van der Waals surface area contributed by atoms with Crippen molar-refractivity contribution in [3.05, 3.63) is 71.1 Å². The molecule has 0 aliphatic carbocycles. The van der Waals surface area contributed by atoms with Crippen molar-refractivity contribution in [1.29, 1.82) is 0 Å². The molecule has 1 saturated heterocycles. The van der Waals surface area contributed by atoms with E-state index >= 15 is 0 Å². The first kappa shape index (κ1) is 25.0. The molecule has 2 aromatic heterocycles. The quantitative estimate of drug-likeness (QED) is 0.312. The number of carbonyl (C=O) groups excluding carboxylic acids is 1. The molecule has 3 N–H and O–H groups in total. The summed E-state index contributed by atoms with van der Waals surface area (Å²) in [6.45, 7) is 2.64. The molecule has 192 valence electrons. The monoisotopic (exact) mass is 522 g/mol. The number of fused-ring (bicyclic) bond motifs is 1. The number of nitrogens with zero attached hydrogens (tertiary/aromatic N) is 3. The van der Waals surface area contributed by atoms with Gasteiger partial charge in [-0.25, -0.2) is 14.4 Å². The van der Waals surface area contributed by atoms with Gasteiger partial charge in [-0.1, -0.05) is 23.7 Å². The van der Waals surface area contributed by atoms with Crippen LogP contribution in [0.3, 0.4) is 0 Å². The maximum absolute atomic E-state index is 13.2. The zero-order valence-electron chi connectivity index (χ0n) is 20.4. The van der Waals surface area contributed by atoms with E-state index in [4.69, 9.17) is 16.3 Å². The van der Waals surface area contributed by atoms with Gasteiger partial charge in [-0.05, 0) is 54.8 Å². The third kappa shape index (κ3) is 6.00. The number of amides is 1. The van der Waals surface area contributed by atoms with E-state index in [1.54, 1.807) is 25.4 Å². The van der Waals surface area contributed by atoms with Crippen LogP contribution in [0.1, 0.15) is 18.4 Å². The molecule has 0 radical (unpaired) electrons. The fourth-order valence-electron chi connectivity index (χ4n) is 4.43. The average Bonchev–Trinajstić information content (AvgIpc) is 3.36. The van der Waals surface area contributed by atoms with Crippen molar-refractivity contribution in [2.24, 2.45) is 0 Å². The number of hydrogen-bond donors (Lipinski definition) is 3. The highest BCUT2D eigenvalue weighted by molar-refractivity contribution is 6.34. The van der Waals surface area contributed by atoms with Gasteiger partial charge in [0.25, 0.3) is 5.91 Å². The number of imidazole rings is 1. The molecule has 8 nitrogen and oxygen atoms in total.